The Labute approximate surface area is 97.2 Å². The second-order valence-corrected chi connectivity index (χ2v) is 4.58. The van der Waals surface area contributed by atoms with E-state index in [1.807, 2.05) is 13.8 Å². The first kappa shape index (κ1) is 13.5. The summed E-state index contributed by atoms with van der Waals surface area (Å²) in [4.78, 5) is 11.4. The molecule has 0 aromatic heterocycles. The summed E-state index contributed by atoms with van der Waals surface area (Å²) in [6.07, 6.45) is 3.30. The van der Waals surface area contributed by atoms with Crippen molar-refractivity contribution in [2.24, 2.45) is 0 Å². The van der Waals surface area contributed by atoms with E-state index in [1.165, 1.54) is 0 Å². The van der Waals surface area contributed by atoms with Crippen LogP contribution >= 0.6 is 0 Å². The maximum absolute atomic E-state index is 11.4. The topological polar surface area (TPSA) is 44.8 Å². The monoisotopic (exact) mass is 230 g/mol. The molecule has 0 saturated carbocycles. The van der Waals surface area contributed by atoms with Crippen LogP contribution in [-0.2, 0) is 19.0 Å². The maximum atomic E-state index is 11.4. The average Bonchev–Trinajstić information content (AvgIpc) is 2.53. The Bertz CT molecular complexity index is 225. The van der Waals surface area contributed by atoms with Gasteiger partial charge in [-0.1, -0.05) is 19.8 Å². The molecular formula is C12H22O4. The predicted molar refractivity (Wildman–Crippen MR) is 60.0 cm³/mol. The van der Waals surface area contributed by atoms with Crippen LogP contribution in [-0.4, -0.2) is 31.1 Å². The highest BCUT2D eigenvalue weighted by atomic mass is 16.7. The van der Waals surface area contributed by atoms with Crippen molar-refractivity contribution in [3.63, 3.8) is 0 Å². The highest BCUT2D eigenvalue weighted by molar-refractivity contribution is 5.70. The zero-order valence-electron chi connectivity index (χ0n) is 10.5. The quantitative estimate of drug-likeness (QED) is 0.518. The Kier molecular flexibility index (Phi) is 5.22. The van der Waals surface area contributed by atoms with E-state index in [0.717, 1.165) is 19.3 Å². The number of esters is 1. The minimum Gasteiger partial charge on any atom is -0.466 e. The normalized spacial score (nSPS) is 23.3. The zero-order valence-corrected chi connectivity index (χ0v) is 10.5. The minimum absolute atomic E-state index is 0.159. The lowest BCUT2D eigenvalue weighted by Crippen LogP contribution is -2.23. The molecule has 0 bridgehead atoms. The summed E-state index contributed by atoms with van der Waals surface area (Å²) in [5.41, 5.74) is 0. The van der Waals surface area contributed by atoms with Crippen molar-refractivity contribution < 1.29 is 19.0 Å². The first-order valence-corrected chi connectivity index (χ1v) is 6.01. The fourth-order valence-corrected chi connectivity index (χ4v) is 1.65. The minimum atomic E-state index is -0.562. The molecule has 1 aliphatic rings. The standard InChI is InChI=1S/C12H22O4/c1-4-5-6-7-14-11(13)8-10-9-15-12(2,3)16-10/h10H,4-9H2,1-3H3/t10-/m0/s1. The number of carbonyl (C=O) groups excluding carboxylic acids is 1. The van der Waals surface area contributed by atoms with E-state index in [0.29, 0.717) is 13.2 Å². The molecule has 1 heterocycles. The van der Waals surface area contributed by atoms with Crippen molar-refractivity contribution in [3.8, 4) is 0 Å². The third-order valence-electron chi connectivity index (χ3n) is 2.47. The molecule has 0 aliphatic carbocycles. The molecular weight excluding hydrogens is 208 g/mol. The molecule has 0 N–H and O–H groups in total. The van der Waals surface area contributed by atoms with Crippen molar-refractivity contribution in [2.45, 2.75) is 58.3 Å². The third kappa shape index (κ3) is 4.94. The molecule has 1 aliphatic heterocycles. The van der Waals surface area contributed by atoms with E-state index in [1.54, 1.807) is 0 Å². The van der Waals surface area contributed by atoms with Gasteiger partial charge in [0.1, 0.15) is 0 Å². The number of hydrogen-bond donors (Lipinski definition) is 0. The van der Waals surface area contributed by atoms with Crippen molar-refractivity contribution >= 4 is 5.97 Å². The number of rotatable bonds is 6. The van der Waals surface area contributed by atoms with Gasteiger partial charge >= 0.3 is 5.97 Å². The van der Waals surface area contributed by atoms with Crippen LogP contribution in [0.25, 0.3) is 0 Å². The van der Waals surface area contributed by atoms with E-state index in [4.69, 9.17) is 14.2 Å². The zero-order chi connectivity index (χ0) is 12.0. The van der Waals surface area contributed by atoms with Crippen LogP contribution in [0.3, 0.4) is 0 Å². The molecule has 1 rings (SSSR count). The number of carbonyl (C=O) groups is 1. The van der Waals surface area contributed by atoms with Gasteiger partial charge in [0.25, 0.3) is 0 Å². The van der Waals surface area contributed by atoms with E-state index in [-0.39, 0.29) is 18.5 Å². The van der Waals surface area contributed by atoms with E-state index in [2.05, 4.69) is 6.92 Å². The van der Waals surface area contributed by atoms with Gasteiger partial charge in [0.2, 0.25) is 0 Å². The molecule has 0 aromatic rings. The van der Waals surface area contributed by atoms with Gasteiger partial charge in [-0.15, -0.1) is 0 Å². The smallest absolute Gasteiger partial charge is 0.308 e. The molecule has 4 nitrogen and oxygen atoms in total. The highest BCUT2D eigenvalue weighted by Crippen LogP contribution is 2.24. The van der Waals surface area contributed by atoms with E-state index in [9.17, 15) is 4.79 Å². The Morgan fingerprint density at radius 3 is 2.75 bits per heavy atom. The van der Waals surface area contributed by atoms with E-state index < -0.39 is 5.79 Å². The van der Waals surface area contributed by atoms with Gasteiger partial charge in [-0.25, -0.2) is 0 Å². The van der Waals surface area contributed by atoms with Crippen molar-refractivity contribution in [3.05, 3.63) is 0 Å². The molecule has 1 fully saturated rings. The van der Waals surface area contributed by atoms with Gasteiger partial charge in [0.15, 0.2) is 5.79 Å². The van der Waals surface area contributed by atoms with Crippen LogP contribution < -0.4 is 0 Å². The lowest BCUT2D eigenvalue weighted by Gasteiger charge is -2.16. The van der Waals surface area contributed by atoms with Crippen molar-refractivity contribution in [1.29, 1.82) is 0 Å². The maximum Gasteiger partial charge on any atom is 0.308 e. The number of unbranched alkanes of at least 4 members (excludes halogenated alkanes) is 2. The fraction of sp³-hybridized carbons (Fsp3) is 0.917. The van der Waals surface area contributed by atoms with Gasteiger partial charge in [-0.05, 0) is 20.3 Å². The second-order valence-electron chi connectivity index (χ2n) is 4.58. The number of ether oxygens (including phenoxy) is 3. The largest absolute Gasteiger partial charge is 0.466 e. The van der Waals surface area contributed by atoms with E-state index >= 15 is 0 Å². The molecule has 94 valence electrons. The lowest BCUT2D eigenvalue weighted by atomic mass is 10.2. The second kappa shape index (κ2) is 6.21. The lowest BCUT2D eigenvalue weighted by molar-refractivity contribution is -0.154. The van der Waals surface area contributed by atoms with Gasteiger partial charge in [-0.3, -0.25) is 4.79 Å². The summed E-state index contributed by atoms with van der Waals surface area (Å²) in [6, 6.07) is 0. The average molecular weight is 230 g/mol. The molecule has 0 aromatic carbocycles. The van der Waals surface area contributed by atoms with Crippen molar-refractivity contribution in [1.82, 2.24) is 0 Å². The summed E-state index contributed by atoms with van der Waals surface area (Å²) in [6.45, 7) is 6.80. The Morgan fingerprint density at radius 2 is 2.19 bits per heavy atom. The molecule has 0 radical (unpaired) electrons. The molecule has 4 heteroatoms. The Morgan fingerprint density at radius 1 is 1.44 bits per heavy atom. The van der Waals surface area contributed by atoms with Gasteiger partial charge in [-0.2, -0.15) is 0 Å². The highest BCUT2D eigenvalue weighted by Gasteiger charge is 2.34. The summed E-state index contributed by atoms with van der Waals surface area (Å²) < 4.78 is 16.0. The summed E-state index contributed by atoms with van der Waals surface area (Å²) in [5, 5.41) is 0. The van der Waals surface area contributed by atoms with Gasteiger partial charge < -0.3 is 14.2 Å². The molecule has 0 unspecified atom stereocenters. The summed E-state index contributed by atoms with van der Waals surface area (Å²) >= 11 is 0. The van der Waals surface area contributed by atoms with Crippen molar-refractivity contribution in [2.75, 3.05) is 13.2 Å². The molecule has 0 spiro atoms. The van der Waals surface area contributed by atoms with Crippen LogP contribution in [0, 0.1) is 0 Å². The molecule has 1 atom stereocenters. The van der Waals surface area contributed by atoms with Gasteiger partial charge in [0, 0.05) is 0 Å². The Hall–Kier alpha value is -0.610. The van der Waals surface area contributed by atoms with Crippen LogP contribution in [0.15, 0.2) is 0 Å². The fourth-order valence-electron chi connectivity index (χ4n) is 1.65. The molecule has 0 amide bonds. The third-order valence-corrected chi connectivity index (χ3v) is 2.47. The van der Waals surface area contributed by atoms with Crippen LogP contribution in [0.5, 0.6) is 0 Å². The predicted octanol–water partition coefficient (Wildman–Crippen LogP) is 2.26. The number of hydrogen-bond acceptors (Lipinski definition) is 4. The van der Waals surface area contributed by atoms with Crippen LogP contribution in [0.1, 0.15) is 46.5 Å². The molecule has 16 heavy (non-hydrogen) atoms. The van der Waals surface area contributed by atoms with Crippen LogP contribution in [0.2, 0.25) is 0 Å². The first-order chi connectivity index (χ1) is 7.53. The first-order valence-electron chi connectivity index (χ1n) is 6.01. The van der Waals surface area contributed by atoms with Crippen LogP contribution in [0.4, 0.5) is 0 Å². The Balaban J connectivity index is 2.11. The molecule has 1 saturated heterocycles. The summed E-state index contributed by atoms with van der Waals surface area (Å²) in [7, 11) is 0. The summed E-state index contributed by atoms with van der Waals surface area (Å²) in [5.74, 6) is -0.755. The SMILES string of the molecule is CCCCCOC(=O)C[C@H]1COC(C)(C)O1. The van der Waals surface area contributed by atoms with Gasteiger partial charge in [0.05, 0.1) is 25.7 Å².